The van der Waals surface area contributed by atoms with E-state index in [9.17, 15) is 19.2 Å². The Labute approximate surface area is 334 Å². The minimum Gasteiger partial charge on any atom is -0.453 e. The van der Waals surface area contributed by atoms with Crippen LogP contribution in [0.1, 0.15) is 65.7 Å². The lowest BCUT2D eigenvalue weighted by Crippen LogP contribution is -2.50. The molecule has 4 atom stereocenters. The van der Waals surface area contributed by atoms with Gasteiger partial charge in [0.15, 0.2) is 0 Å². The lowest BCUT2D eigenvalue weighted by atomic mass is 9.96. The van der Waals surface area contributed by atoms with E-state index in [1.807, 2.05) is 62.2 Å². The van der Waals surface area contributed by atoms with Crippen molar-refractivity contribution in [2.24, 2.45) is 23.7 Å². The van der Waals surface area contributed by atoms with Crippen molar-refractivity contribution >= 4 is 83.6 Å². The van der Waals surface area contributed by atoms with Gasteiger partial charge in [0.05, 0.1) is 31.0 Å². The van der Waals surface area contributed by atoms with Crippen LogP contribution in [0.3, 0.4) is 0 Å². The van der Waals surface area contributed by atoms with Gasteiger partial charge in [-0.25, -0.2) is 14.8 Å². The predicted molar refractivity (Wildman–Crippen MR) is 224 cm³/mol. The van der Waals surface area contributed by atoms with Crippen LogP contribution in [0.25, 0.3) is 22.4 Å². The Balaban J connectivity index is 0.00000338. The summed E-state index contributed by atoms with van der Waals surface area (Å²) in [6, 6.07) is 11.0. The standard InChI is InChI=1S/C36H47N7O5.4H2S/c1-21(2)23(5)34(45)43-16-7-8-29(43)32-38-19-28(39-32)25-11-9-24(10-12-25)26-13-14-30(37-18-26)40-33(44)27-15-17-42(20-27)35(46)31(22(3)4)41-36(47)48-6;;;;/h9-14,18-19,21-23,27,29,31H,7-8,15-17,20H2,1-6H3,(H,38,39)(H,41,47)(H,37,40,44);4*1H2/t23-,27-,29-,31-;;;;/m0..../s1. The summed E-state index contributed by atoms with van der Waals surface area (Å²) in [5.41, 5.74) is 3.77. The van der Waals surface area contributed by atoms with Gasteiger partial charge in [-0.3, -0.25) is 14.4 Å². The summed E-state index contributed by atoms with van der Waals surface area (Å²) in [4.78, 5) is 67.1. The van der Waals surface area contributed by atoms with Gasteiger partial charge in [-0.15, -0.1) is 0 Å². The molecule has 12 nitrogen and oxygen atoms in total. The van der Waals surface area contributed by atoms with Gasteiger partial charge in [0.2, 0.25) is 17.7 Å². The summed E-state index contributed by atoms with van der Waals surface area (Å²) < 4.78 is 4.66. The van der Waals surface area contributed by atoms with E-state index in [1.54, 1.807) is 17.2 Å². The number of aromatic nitrogens is 3. The number of carbonyl (C=O) groups is 4. The van der Waals surface area contributed by atoms with Crippen LogP contribution in [-0.4, -0.2) is 81.4 Å². The van der Waals surface area contributed by atoms with Crippen molar-refractivity contribution in [2.75, 3.05) is 32.1 Å². The van der Waals surface area contributed by atoms with E-state index in [2.05, 4.69) is 44.2 Å². The summed E-state index contributed by atoms with van der Waals surface area (Å²) in [7, 11) is 1.26. The number of benzene rings is 1. The van der Waals surface area contributed by atoms with Crippen molar-refractivity contribution in [3.05, 3.63) is 54.6 Å². The number of hydrogen-bond donors (Lipinski definition) is 3. The van der Waals surface area contributed by atoms with Crippen LogP contribution >= 0.6 is 54.0 Å². The molecule has 52 heavy (non-hydrogen) atoms. The molecule has 2 fully saturated rings. The van der Waals surface area contributed by atoms with E-state index in [1.165, 1.54) is 7.11 Å². The molecule has 5 rings (SSSR count). The SMILES string of the molecule is COC(=O)N[C@H](C(=O)N1CC[C@H](C(=O)Nc2ccc(-c3ccc(-c4cnc([C@@H]5CCCN5C(=O)[C@@H](C)C(C)C)[nH]4)cc3)cn2)C1)C(C)C.S.S.S.S. The second kappa shape index (κ2) is 20.8. The highest BCUT2D eigenvalue weighted by atomic mass is 32.1. The Morgan fingerprint density at radius 2 is 1.46 bits per heavy atom. The number of nitrogens with zero attached hydrogens (tertiary/aromatic N) is 4. The van der Waals surface area contributed by atoms with Crippen LogP contribution in [0.5, 0.6) is 0 Å². The monoisotopic (exact) mass is 793 g/mol. The first-order valence-corrected chi connectivity index (χ1v) is 16.8. The number of likely N-dealkylation sites (tertiary alicyclic amines) is 2. The molecular formula is C36H55N7O5S4. The van der Waals surface area contributed by atoms with Gasteiger partial charge in [0.25, 0.3) is 0 Å². The van der Waals surface area contributed by atoms with Gasteiger partial charge < -0.3 is 30.2 Å². The van der Waals surface area contributed by atoms with Crippen LogP contribution in [0.4, 0.5) is 10.6 Å². The maximum absolute atomic E-state index is 13.1. The number of carbonyl (C=O) groups excluding carboxylic acids is 4. The van der Waals surface area contributed by atoms with Crippen molar-refractivity contribution in [2.45, 2.75) is 66.0 Å². The summed E-state index contributed by atoms with van der Waals surface area (Å²) in [5, 5.41) is 5.48. The summed E-state index contributed by atoms with van der Waals surface area (Å²) >= 11 is 0. The molecule has 3 aromatic rings. The minimum atomic E-state index is -0.724. The number of imidazole rings is 1. The number of hydrogen-bond acceptors (Lipinski definition) is 7. The molecule has 4 amide bonds. The van der Waals surface area contributed by atoms with E-state index < -0.39 is 12.1 Å². The topological polar surface area (TPSA) is 150 Å². The number of aromatic amines is 1. The lowest BCUT2D eigenvalue weighted by Gasteiger charge is -2.27. The third kappa shape index (κ3) is 10.9. The Morgan fingerprint density at radius 1 is 0.808 bits per heavy atom. The number of anilines is 1. The van der Waals surface area contributed by atoms with Crippen LogP contribution < -0.4 is 10.6 Å². The minimum absolute atomic E-state index is 0. The molecule has 0 aliphatic carbocycles. The molecule has 2 saturated heterocycles. The smallest absolute Gasteiger partial charge is 0.407 e. The Bertz CT molecular complexity index is 1620. The van der Waals surface area contributed by atoms with Crippen LogP contribution in [0, 0.1) is 23.7 Å². The molecule has 4 heterocycles. The zero-order valence-electron chi connectivity index (χ0n) is 30.7. The fourth-order valence-corrected chi connectivity index (χ4v) is 6.29. The Kier molecular flexibility index (Phi) is 18.7. The van der Waals surface area contributed by atoms with Crippen LogP contribution in [0.15, 0.2) is 48.8 Å². The molecule has 0 saturated carbocycles. The molecule has 2 aromatic heterocycles. The van der Waals surface area contributed by atoms with Gasteiger partial charge in [-0.1, -0.05) is 58.9 Å². The van der Waals surface area contributed by atoms with Gasteiger partial charge in [-0.2, -0.15) is 54.0 Å². The normalized spacial score (nSPS) is 17.5. The Hall–Kier alpha value is -3.34. The highest BCUT2D eigenvalue weighted by Gasteiger charge is 2.37. The first-order valence-electron chi connectivity index (χ1n) is 16.8. The van der Waals surface area contributed by atoms with E-state index in [0.717, 1.165) is 47.6 Å². The summed E-state index contributed by atoms with van der Waals surface area (Å²) in [6.45, 7) is 11.3. The Morgan fingerprint density at radius 3 is 2.06 bits per heavy atom. The first kappa shape index (κ1) is 46.7. The molecule has 3 N–H and O–H groups in total. The van der Waals surface area contributed by atoms with Crippen molar-refractivity contribution in [1.82, 2.24) is 30.1 Å². The van der Waals surface area contributed by atoms with Gasteiger partial charge in [0, 0.05) is 37.3 Å². The van der Waals surface area contributed by atoms with E-state index in [4.69, 9.17) is 0 Å². The summed E-state index contributed by atoms with van der Waals surface area (Å²) in [5.74, 6) is 0.784. The van der Waals surface area contributed by atoms with Gasteiger partial charge in [-0.05, 0) is 54.4 Å². The number of pyridine rings is 1. The number of H-pyrrole nitrogens is 1. The highest BCUT2D eigenvalue weighted by molar-refractivity contribution is 7.59. The number of nitrogens with one attached hydrogen (secondary N) is 3. The molecule has 0 unspecified atom stereocenters. The molecule has 0 spiro atoms. The number of amides is 4. The lowest BCUT2D eigenvalue weighted by molar-refractivity contribution is -0.137. The van der Waals surface area contributed by atoms with E-state index in [0.29, 0.717) is 24.7 Å². The van der Waals surface area contributed by atoms with E-state index >= 15 is 0 Å². The largest absolute Gasteiger partial charge is 0.453 e. The second-order valence-corrected chi connectivity index (χ2v) is 13.5. The third-order valence-corrected chi connectivity index (χ3v) is 9.64. The second-order valence-electron chi connectivity index (χ2n) is 13.5. The van der Waals surface area contributed by atoms with Crippen LogP contribution in [-0.2, 0) is 19.1 Å². The number of methoxy groups -OCH3 is 1. The van der Waals surface area contributed by atoms with Crippen molar-refractivity contribution < 1.29 is 23.9 Å². The number of alkyl carbamates (subject to hydrolysis) is 1. The molecular weight excluding hydrogens is 739 g/mol. The zero-order valence-corrected chi connectivity index (χ0v) is 34.7. The molecule has 2 aliphatic rings. The number of ether oxygens (including phenoxy) is 1. The van der Waals surface area contributed by atoms with E-state index in [-0.39, 0.29) is 102 Å². The fraction of sp³-hybridized carbons (Fsp3) is 0.500. The first-order chi connectivity index (χ1) is 23.0. The van der Waals surface area contributed by atoms with Crippen LogP contribution in [0.2, 0.25) is 0 Å². The maximum Gasteiger partial charge on any atom is 0.407 e. The molecule has 288 valence electrons. The maximum atomic E-state index is 13.1. The average Bonchev–Trinajstić information content (AvgIpc) is 3.88. The van der Waals surface area contributed by atoms with Gasteiger partial charge >= 0.3 is 6.09 Å². The summed E-state index contributed by atoms with van der Waals surface area (Å²) in [6.07, 6.45) is 5.29. The van der Waals surface area contributed by atoms with Gasteiger partial charge in [0.1, 0.15) is 17.7 Å². The molecule has 1 aromatic carbocycles. The van der Waals surface area contributed by atoms with Crippen molar-refractivity contribution in [3.63, 3.8) is 0 Å². The van der Waals surface area contributed by atoms with Crippen molar-refractivity contribution in [3.8, 4) is 22.4 Å². The molecule has 0 bridgehead atoms. The molecule has 0 radical (unpaired) electrons. The fourth-order valence-electron chi connectivity index (χ4n) is 6.29. The van der Waals surface area contributed by atoms with Crippen molar-refractivity contribution in [1.29, 1.82) is 0 Å². The highest BCUT2D eigenvalue weighted by Crippen LogP contribution is 2.34. The average molecular weight is 794 g/mol. The number of rotatable bonds is 10. The predicted octanol–water partition coefficient (Wildman–Crippen LogP) is 5.71. The molecule has 16 heteroatoms. The molecule has 2 aliphatic heterocycles. The quantitative estimate of drug-likeness (QED) is 0.238. The third-order valence-electron chi connectivity index (χ3n) is 9.64. The zero-order chi connectivity index (χ0) is 34.5.